The van der Waals surface area contributed by atoms with Crippen LogP contribution < -0.4 is 4.74 Å². The third-order valence-electron chi connectivity index (χ3n) is 5.79. The van der Waals surface area contributed by atoms with E-state index in [0.717, 1.165) is 0 Å². The summed E-state index contributed by atoms with van der Waals surface area (Å²) in [6, 6.07) is 8.64. The van der Waals surface area contributed by atoms with Gasteiger partial charge in [-0.2, -0.15) is 26.3 Å². The largest absolute Gasteiger partial charge is 0.490 e. The monoisotopic (exact) mass is 601 g/mol. The lowest BCUT2D eigenvalue weighted by Crippen LogP contribution is -2.68. The van der Waals surface area contributed by atoms with Crippen LogP contribution in [-0.4, -0.2) is 93.9 Å². The van der Waals surface area contributed by atoms with Crippen molar-refractivity contribution in [3.63, 3.8) is 0 Å². The minimum Gasteiger partial charge on any atom is -0.477 e. The third kappa shape index (κ3) is 8.03. The first-order valence-electron chi connectivity index (χ1n) is 11.0. The molecular weight excluding hydrogens is 580 g/mol. The number of aromatic nitrogens is 2. The van der Waals surface area contributed by atoms with E-state index in [1.165, 1.54) is 0 Å². The van der Waals surface area contributed by atoms with Crippen LogP contribution in [0, 0.1) is 5.92 Å². The predicted molar refractivity (Wildman–Crippen MR) is 122 cm³/mol. The van der Waals surface area contributed by atoms with E-state index in [9.17, 15) is 39.6 Å². The Kier molecular flexibility index (Phi) is 10.1. The lowest BCUT2D eigenvalue weighted by molar-refractivity contribution is -0.193. The topological polar surface area (TPSA) is 164 Å². The minimum absolute atomic E-state index is 0.139. The molecular formula is C22H21F6N3O8S. The van der Waals surface area contributed by atoms with E-state index in [4.69, 9.17) is 24.5 Å². The quantitative estimate of drug-likeness (QED) is 0.498. The molecule has 0 saturated carbocycles. The second kappa shape index (κ2) is 12.5. The molecule has 4 rings (SSSR count). The fraction of sp³-hybridized carbons (Fsp3) is 0.409. The van der Waals surface area contributed by atoms with E-state index >= 15 is 0 Å². The SMILES string of the molecule is O=C(O)C(F)(F)F.O=C(O)C(F)(F)F.O=C(c1ccncc1)N1CC2(C1)C(COc1ccccn1)CCS2(=O)=O. The summed E-state index contributed by atoms with van der Waals surface area (Å²) in [5, 5.41) is 14.2. The van der Waals surface area contributed by atoms with Gasteiger partial charge in [-0.25, -0.2) is 23.0 Å². The Morgan fingerprint density at radius 2 is 1.48 bits per heavy atom. The van der Waals surface area contributed by atoms with Gasteiger partial charge in [-0.05, 0) is 24.6 Å². The normalized spacial score (nSPS) is 18.8. The van der Waals surface area contributed by atoms with Crippen LogP contribution in [0.4, 0.5) is 26.3 Å². The number of amides is 1. The van der Waals surface area contributed by atoms with Gasteiger partial charge in [0.2, 0.25) is 5.88 Å². The van der Waals surface area contributed by atoms with Gasteiger partial charge in [0.1, 0.15) is 4.75 Å². The number of halogens is 6. The zero-order valence-corrected chi connectivity index (χ0v) is 20.9. The summed E-state index contributed by atoms with van der Waals surface area (Å²) < 4.78 is 93.6. The highest BCUT2D eigenvalue weighted by atomic mass is 32.2. The number of carboxylic acid groups (broad SMARTS) is 2. The van der Waals surface area contributed by atoms with Crippen molar-refractivity contribution in [2.75, 3.05) is 25.4 Å². The molecule has 2 aliphatic rings. The molecule has 2 aliphatic heterocycles. The van der Waals surface area contributed by atoms with Gasteiger partial charge >= 0.3 is 24.3 Å². The summed E-state index contributed by atoms with van der Waals surface area (Å²) in [5.41, 5.74) is 0.520. The van der Waals surface area contributed by atoms with Crippen molar-refractivity contribution >= 4 is 27.7 Å². The van der Waals surface area contributed by atoms with Crippen LogP contribution in [0.15, 0.2) is 48.9 Å². The van der Waals surface area contributed by atoms with Crippen molar-refractivity contribution in [1.29, 1.82) is 0 Å². The van der Waals surface area contributed by atoms with Crippen molar-refractivity contribution in [2.24, 2.45) is 5.92 Å². The maximum atomic E-state index is 12.7. The van der Waals surface area contributed by atoms with E-state index in [2.05, 4.69) is 9.97 Å². The summed E-state index contributed by atoms with van der Waals surface area (Å²) in [5.74, 6) is -5.20. The fourth-order valence-corrected chi connectivity index (χ4v) is 6.15. The van der Waals surface area contributed by atoms with Crippen molar-refractivity contribution in [3.05, 3.63) is 54.5 Å². The first kappa shape index (κ1) is 32.3. The van der Waals surface area contributed by atoms with Crippen LogP contribution in [0.2, 0.25) is 0 Å². The number of likely N-dealkylation sites (tertiary alicyclic amines) is 1. The minimum atomic E-state index is -5.08. The van der Waals surface area contributed by atoms with E-state index in [1.807, 2.05) is 6.07 Å². The van der Waals surface area contributed by atoms with E-state index in [-0.39, 0.29) is 37.3 Å². The van der Waals surface area contributed by atoms with E-state index < -0.39 is 38.9 Å². The van der Waals surface area contributed by atoms with Crippen LogP contribution in [0.3, 0.4) is 0 Å². The fourth-order valence-electron chi connectivity index (χ4n) is 3.75. The summed E-state index contributed by atoms with van der Waals surface area (Å²) in [4.78, 5) is 39.9. The molecule has 18 heteroatoms. The lowest BCUT2D eigenvalue weighted by Gasteiger charge is -2.49. The summed E-state index contributed by atoms with van der Waals surface area (Å²) >= 11 is 0. The van der Waals surface area contributed by atoms with Gasteiger partial charge in [0.25, 0.3) is 5.91 Å². The Labute approximate surface area is 222 Å². The summed E-state index contributed by atoms with van der Waals surface area (Å²) in [7, 11) is -3.26. The highest BCUT2D eigenvalue weighted by molar-refractivity contribution is 7.93. The average Bonchev–Trinajstić information content (AvgIpc) is 3.12. The molecule has 2 saturated heterocycles. The molecule has 220 valence electrons. The molecule has 0 aromatic carbocycles. The number of rotatable bonds is 4. The van der Waals surface area contributed by atoms with Crippen molar-refractivity contribution in [2.45, 2.75) is 23.5 Å². The van der Waals surface area contributed by atoms with Gasteiger partial charge in [0.15, 0.2) is 9.84 Å². The number of carbonyl (C=O) groups is 3. The van der Waals surface area contributed by atoms with E-state index in [0.29, 0.717) is 17.9 Å². The number of ether oxygens (including phenoxy) is 1. The Bertz CT molecular complexity index is 1260. The number of carbonyl (C=O) groups excluding carboxylic acids is 1. The van der Waals surface area contributed by atoms with Crippen LogP contribution in [0.1, 0.15) is 16.8 Å². The molecule has 2 N–H and O–H groups in total. The second-order valence-electron chi connectivity index (χ2n) is 8.35. The molecule has 0 bridgehead atoms. The van der Waals surface area contributed by atoms with Crippen molar-refractivity contribution in [1.82, 2.24) is 14.9 Å². The molecule has 2 aromatic heterocycles. The number of hydrogen-bond acceptors (Lipinski definition) is 8. The zero-order chi connectivity index (χ0) is 30.4. The molecule has 11 nitrogen and oxygen atoms in total. The first-order valence-corrected chi connectivity index (χ1v) is 12.6. The van der Waals surface area contributed by atoms with Gasteiger partial charge in [0.05, 0.1) is 12.4 Å². The first-order chi connectivity index (χ1) is 18.4. The number of pyridine rings is 2. The Morgan fingerprint density at radius 3 is 1.93 bits per heavy atom. The maximum Gasteiger partial charge on any atom is 0.490 e. The summed E-state index contributed by atoms with van der Waals surface area (Å²) in [6.45, 7) is 0.715. The molecule has 1 unspecified atom stereocenters. The van der Waals surface area contributed by atoms with Crippen LogP contribution in [-0.2, 0) is 19.4 Å². The Hall–Kier alpha value is -3.96. The average molecular weight is 601 g/mol. The number of hydrogen-bond donors (Lipinski definition) is 2. The Morgan fingerprint density at radius 1 is 0.950 bits per heavy atom. The predicted octanol–water partition coefficient (Wildman–Crippen LogP) is 2.45. The Balaban J connectivity index is 0.000000333. The molecule has 2 aromatic rings. The standard InChI is InChI=1S/C18H19N3O4S.2C2HF3O2/c22-17(14-4-8-19-9-5-14)21-12-18(13-21)15(6-10-26(18,23)24)11-25-16-3-1-2-7-20-16;2*3-2(4,5)1(6)7/h1-5,7-9,15H,6,10-13H2;2*(H,6,7). The number of aliphatic carboxylic acids is 2. The van der Waals surface area contributed by atoms with Crippen LogP contribution in [0.25, 0.3) is 0 Å². The maximum absolute atomic E-state index is 12.7. The molecule has 1 spiro atoms. The van der Waals surface area contributed by atoms with Crippen molar-refractivity contribution in [3.8, 4) is 5.88 Å². The van der Waals surface area contributed by atoms with Crippen LogP contribution >= 0.6 is 0 Å². The number of alkyl halides is 6. The molecule has 0 aliphatic carbocycles. The van der Waals surface area contributed by atoms with Gasteiger partial charge in [-0.1, -0.05) is 6.07 Å². The number of carboxylic acids is 2. The third-order valence-corrected chi connectivity index (χ3v) is 8.39. The molecule has 4 heterocycles. The summed E-state index contributed by atoms with van der Waals surface area (Å²) in [6.07, 6.45) is -4.88. The molecule has 0 radical (unpaired) electrons. The van der Waals surface area contributed by atoms with Gasteiger partial charge in [-0.3, -0.25) is 9.78 Å². The molecule has 1 atom stereocenters. The molecule has 1 amide bonds. The van der Waals surface area contributed by atoms with E-state index in [1.54, 1.807) is 47.8 Å². The van der Waals surface area contributed by atoms with Crippen molar-refractivity contribution < 1.29 is 64.1 Å². The number of nitrogens with zero attached hydrogens (tertiary/aromatic N) is 3. The van der Waals surface area contributed by atoms with Crippen LogP contribution in [0.5, 0.6) is 5.88 Å². The highest BCUT2D eigenvalue weighted by Crippen LogP contribution is 2.45. The molecule has 40 heavy (non-hydrogen) atoms. The number of sulfone groups is 1. The van der Waals surface area contributed by atoms with Gasteiger partial charge in [-0.15, -0.1) is 0 Å². The van der Waals surface area contributed by atoms with Gasteiger partial charge in [0, 0.05) is 49.2 Å². The highest BCUT2D eigenvalue weighted by Gasteiger charge is 2.62. The second-order valence-corrected chi connectivity index (χ2v) is 10.8. The molecule has 2 fully saturated rings. The zero-order valence-electron chi connectivity index (χ0n) is 20.1. The van der Waals surface area contributed by atoms with Gasteiger partial charge < -0.3 is 19.8 Å². The lowest BCUT2D eigenvalue weighted by atomic mass is 9.83. The smallest absolute Gasteiger partial charge is 0.477 e.